The molecule has 25 heavy (non-hydrogen) atoms. The highest BCUT2D eigenvalue weighted by molar-refractivity contribution is 6.32. The van der Waals surface area contributed by atoms with Crippen LogP contribution in [0.25, 0.3) is 0 Å². The fourth-order valence-electron chi connectivity index (χ4n) is 2.74. The van der Waals surface area contributed by atoms with Gasteiger partial charge >= 0.3 is 0 Å². The number of hydrogen-bond acceptors (Lipinski definition) is 4. The topological polar surface area (TPSA) is 33.7 Å². The number of nitrogens with one attached hydrogen (secondary N) is 1. The van der Waals surface area contributed by atoms with Crippen molar-refractivity contribution in [3.63, 3.8) is 0 Å². The van der Waals surface area contributed by atoms with Gasteiger partial charge in [-0.3, -0.25) is 0 Å². The maximum atomic E-state index is 13.5. The van der Waals surface area contributed by atoms with Gasteiger partial charge in [-0.1, -0.05) is 23.7 Å². The molecule has 0 radical (unpaired) electrons. The molecular formula is C19H24ClFN2O2. The van der Waals surface area contributed by atoms with E-state index in [1.54, 1.807) is 26.4 Å². The molecule has 2 aromatic rings. The molecule has 0 unspecified atom stereocenters. The van der Waals surface area contributed by atoms with Gasteiger partial charge in [-0.25, -0.2) is 4.39 Å². The van der Waals surface area contributed by atoms with Crippen LogP contribution in [-0.4, -0.2) is 39.8 Å². The summed E-state index contributed by atoms with van der Waals surface area (Å²) in [5.41, 5.74) is 1.92. The van der Waals surface area contributed by atoms with E-state index in [9.17, 15) is 4.39 Å². The fourth-order valence-corrected chi connectivity index (χ4v) is 3.05. The summed E-state index contributed by atoms with van der Waals surface area (Å²) in [7, 11) is 7.09. The van der Waals surface area contributed by atoms with E-state index in [4.69, 9.17) is 21.1 Å². The average molecular weight is 367 g/mol. The Hall–Kier alpha value is -1.82. The smallest absolute Gasteiger partial charge is 0.179 e. The first-order valence-electron chi connectivity index (χ1n) is 7.99. The van der Waals surface area contributed by atoms with Crippen LogP contribution < -0.4 is 14.8 Å². The Morgan fingerprint density at radius 3 is 2.52 bits per heavy atom. The highest BCUT2D eigenvalue weighted by Gasteiger charge is 2.15. The molecule has 0 amide bonds. The third kappa shape index (κ3) is 5.08. The lowest BCUT2D eigenvalue weighted by molar-refractivity contribution is 0.287. The van der Waals surface area contributed by atoms with Crippen molar-refractivity contribution in [3.05, 3.63) is 58.4 Å². The SMILES string of the molecule is COc1cc(CNC[C@@H](c2cccc(F)c2)N(C)C)cc(Cl)c1OC. The van der Waals surface area contributed by atoms with Gasteiger partial charge in [0.05, 0.1) is 19.2 Å². The first-order valence-corrected chi connectivity index (χ1v) is 8.37. The Bertz CT molecular complexity index is 710. The Balaban J connectivity index is 2.06. The predicted molar refractivity (Wildman–Crippen MR) is 99.1 cm³/mol. The number of ether oxygens (including phenoxy) is 2. The van der Waals surface area contributed by atoms with Crippen molar-refractivity contribution in [2.24, 2.45) is 0 Å². The van der Waals surface area contributed by atoms with Crippen molar-refractivity contribution in [1.29, 1.82) is 0 Å². The monoisotopic (exact) mass is 366 g/mol. The van der Waals surface area contributed by atoms with Gasteiger partial charge in [-0.15, -0.1) is 0 Å². The fraction of sp³-hybridized carbons (Fsp3) is 0.368. The second-order valence-corrected chi connectivity index (χ2v) is 6.39. The minimum absolute atomic E-state index is 0.0614. The van der Waals surface area contributed by atoms with E-state index >= 15 is 0 Å². The number of benzene rings is 2. The molecule has 0 aromatic heterocycles. The molecule has 0 aliphatic rings. The molecule has 0 fully saturated rings. The molecule has 4 nitrogen and oxygen atoms in total. The maximum absolute atomic E-state index is 13.5. The molecule has 0 saturated heterocycles. The lowest BCUT2D eigenvalue weighted by Crippen LogP contribution is -2.30. The third-order valence-electron chi connectivity index (χ3n) is 4.02. The lowest BCUT2D eigenvalue weighted by atomic mass is 10.1. The maximum Gasteiger partial charge on any atom is 0.179 e. The Kier molecular flexibility index (Phi) is 7.05. The molecular weight excluding hydrogens is 343 g/mol. The molecule has 1 N–H and O–H groups in total. The molecule has 0 aliphatic carbocycles. The van der Waals surface area contributed by atoms with E-state index in [0.717, 1.165) is 11.1 Å². The zero-order valence-corrected chi connectivity index (χ0v) is 15.7. The molecule has 0 heterocycles. The molecule has 6 heteroatoms. The molecule has 2 aromatic carbocycles. The van der Waals surface area contributed by atoms with Gasteiger partial charge in [0.2, 0.25) is 0 Å². The lowest BCUT2D eigenvalue weighted by Gasteiger charge is -2.25. The number of likely N-dealkylation sites (N-methyl/N-ethyl adjacent to an activating group) is 1. The summed E-state index contributed by atoms with van der Waals surface area (Å²) in [4.78, 5) is 2.06. The van der Waals surface area contributed by atoms with Crippen LogP contribution in [0, 0.1) is 5.82 Å². The van der Waals surface area contributed by atoms with Gasteiger partial charge in [0.25, 0.3) is 0 Å². The summed E-state index contributed by atoms with van der Waals surface area (Å²) in [5, 5.41) is 3.91. The normalized spacial score (nSPS) is 12.3. The number of nitrogens with zero attached hydrogens (tertiary/aromatic N) is 1. The molecule has 0 saturated carbocycles. The van der Waals surface area contributed by atoms with Crippen LogP contribution in [0.5, 0.6) is 11.5 Å². The van der Waals surface area contributed by atoms with Gasteiger partial charge < -0.3 is 19.7 Å². The quantitative estimate of drug-likeness (QED) is 0.768. The summed E-state index contributed by atoms with van der Waals surface area (Å²) in [5.74, 6) is 0.899. The van der Waals surface area contributed by atoms with Crippen LogP contribution in [0.1, 0.15) is 17.2 Å². The molecule has 0 aliphatic heterocycles. The average Bonchev–Trinajstić information content (AvgIpc) is 2.57. The van der Waals surface area contributed by atoms with Crippen LogP contribution in [0.4, 0.5) is 4.39 Å². The number of rotatable bonds is 8. The van der Waals surface area contributed by atoms with Crippen LogP contribution in [-0.2, 0) is 6.54 Å². The predicted octanol–water partition coefficient (Wildman–Crippen LogP) is 3.89. The van der Waals surface area contributed by atoms with Gasteiger partial charge in [0, 0.05) is 19.1 Å². The van der Waals surface area contributed by atoms with Crippen LogP contribution in [0.2, 0.25) is 5.02 Å². The number of methoxy groups -OCH3 is 2. The molecule has 2 rings (SSSR count). The summed E-state index contributed by atoms with van der Waals surface area (Å²) < 4.78 is 24.1. The summed E-state index contributed by atoms with van der Waals surface area (Å²) in [6.07, 6.45) is 0. The van der Waals surface area contributed by atoms with Gasteiger partial charge in [0.1, 0.15) is 5.82 Å². The largest absolute Gasteiger partial charge is 0.493 e. The molecule has 0 spiro atoms. The number of halogens is 2. The van der Waals surface area contributed by atoms with E-state index < -0.39 is 0 Å². The van der Waals surface area contributed by atoms with Gasteiger partial charge in [0.15, 0.2) is 11.5 Å². The first kappa shape index (κ1) is 19.5. The standard InChI is InChI=1S/C19H24ClFN2O2/c1-23(2)17(14-6-5-7-15(21)10-14)12-22-11-13-8-16(20)19(25-4)18(9-13)24-3/h5-10,17,22H,11-12H2,1-4H3/t17-/m0/s1. The van der Waals surface area contributed by atoms with E-state index in [1.165, 1.54) is 6.07 Å². The molecule has 0 bridgehead atoms. The van der Waals surface area contributed by atoms with Crippen molar-refractivity contribution in [2.75, 3.05) is 34.9 Å². The third-order valence-corrected chi connectivity index (χ3v) is 4.30. The number of hydrogen-bond donors (Lipinski definition) is 1. The second kappa shape index (κ2) is 9.04. The summed E-state index contributed by atoms with van der Waals surface area (Å²) in [6.45, 7) is 1.28. The van der Waals surface area contributed by atoms with Gasteiger partial charge in [-0.2, -0.15) is 0 Å². The Morgan fingerprint density at radius 2 is 1.92 bits per heavy atom. The van der Waals surface area contributed by atoms with E-state index in [2.05, 4.69) is 10.2 Å². The minimum Gasteiger partial charge on any atom is -0.493 e. The highest BCUT2D eigenvalue weighted by atomic mass is 35.5. The van der Waals surface area contributed by atoms with Crippen molar-refractivity contribution < 1.29 is 13.9 Å². The van der Waals surface area contributed by atoms with Crippen LogP contribution in [0.15, 0.2) is 36.4 Å². The van der Waals surface area contributed by atoms with Crippen LogP contribution in [0.3, 0.4) is 0 Å². The van der Waals surface area contributed by atoms with Crippen molar-refractivity contribution in [2.45, 2.75) is 12.6 Å². The zero-order chi connectivity index (χ0) is 18.4. The second-order valence-electron chi connectivity index (χ2n) is 5.98. The minimum atomic E-state index is -0.226. The molecule has 1 atom stereocenters. The van der Waals surface area contributed by atoms with Crippen molar-refractivity contribution in [3.8, 4) is 11.5 Å². The Labute approximate surface area is 153 Å². The van der Waals surface area contributed by atoms with Gasteiger partial charge in [-0.05, 0) is 49.5 Å². The van der Waals surface area contributed by atoms with E-state index in [1.807, 2.05) is 32.3 Å². The zero-order valence-electron chi connectivity index (χ0n) is 15.0. The highest BCUT2D eigenvalue weighted by Crippen LogP contribution is 2.36. The first-order chi connectivity index (χ1) is 12.0. The Morgan fingerprint density at radius 1 is 1.16 bits per heavy atom. The van der Waals surface area contributed by atoms with Crippen LogP contribution >= 0.6 is 11.6 Å². The molecule has 136 valence electrons. The van der Waals surface area contributed by atoms with Crippen molar-refractivity contribution in [1.82, 2.24) is 10.2 Å². The van der Waals surface area contributed by atoms with E-state index in [0.29, 0.717) is 29.6 Å². The van der Waals surface area contributed by atoms with Crippen molar-refractivity contribution >= 4 is 11.6 Å². The van der Waals surface area contributed by atoms with E-state index in [-0.39, 0.29) is 11.9 Å². The summed E-state index contributed by atoms with van der Waals surface area (Å²) in [6, 6.07) is 10.5. The summed E-state index contributed by atoms with van der Waals surface area (Å²) >= 11 is 6.24.